The Morgan fingerprint density at radius 1 is 0.613 bits per heavy atom. The number of rotatable bonds is 4. The molecule has 13 heteroatoms. The summed E-state index contributed by atoms with van der Waals surface area (Å²) in [4.78, 5) is 21.9. The average molecular weight is 508 g/mol. The Labute approximate surface area is 182 Å². The number of halogens is 8. The molecule has 2 rings (SSSR count). The first kappa shape index (κ1) is 28.4. The first-order valence-corrected chi connectivity index (χ1v) is 7.82. The zero-order valence-electron chi connectivity index (χ0n) is 15.8. The third-order valence-electron chi connectivity index (χ3n) is 3.05. The minimum atomic E-state index is -1.81. The molecule has 0 saturated heterocycles. The second kappa shape index (κ2) is 12.3. The van der Waals surface area contributed by atoms with Gasteiger partial charge in [0.15, 0.2) is 0 Å². The van der Waals surface area contributed by atoms with Gasteiger partial charge in [-0.2, -0.15) is 0 Å². The summed E-state index contributed by atoms with van der Waals surface area (Å²) in [6, 6.07) is 2.31. The summed E-state index contributed by atoms with van der Waals surface area (Å²) in [5, 5.41) is 0. The molecule has 0 bridgehead atoms. The van der Waals surface area contributed by atoms with Gasteiger partial charge in [0, 0.05) is 34.4 Å². The second-order valence-corrected chi connectivity index (χ2v) is 4.95. The zero-order chi connectivity index (χ0) is 23.2. The molecule has 0 spiro atoms. The van der Waals surface area contributed by atoms with Crippen molar-refractivity contribution >= 4 is 11.9 Å². The van der Waals surface area contributed by atoms with Gasteiger partial charge in [-0.1, -0.05) is 0 Å². The number of hydrogen-bond acceptors (Lipinski definition) is 4. The Morgan fingerprint density at radius 2 is 0.839 bits per heavy atom. The summed E-state index contributed by atoms with van der Waals surface area (Å²) in [6.07, 6.45) is 0. The van der Waals surface area contributed by atoms with Crippen LogP contribution in [-0.4, -0.2) is 25.2 Å². The number of hydrogen-bond donors (Lipinski definition) is 0. The molecule has 2 aromatic carbocycles. The van der Waals surface area contributed by atoms with E-state index in [0.717, 1.165) is 12.1 Å². The summed E-state index contributed by atoms with van der Waals surface area (Å²) in [6.45, 7) is 2.43. The van der Waals surface area contributed by atoms with Crippen LogP contribution in [0.25, 0.3) is 0 Å². The standard InChI is InChI=1S/2C9H5F4O2.Zn/c2*1-2-15-9(14)6-7(12)4(10)3-5(11)8(6)13;/h2*2H2,1H3;/q2*-1;+2. The number of carbonyl (C=O) groups excluding carboxylic acids is 2. The van der Waals surface area contributed by atoms with E-state index < -0.39 is 69.6 Å². The molecule has 31 heavy (non-hydrogen) atoms. The molecule has 0 fully saturated rings. The van der Waals surface area contributed by atoms with Gasteiger partial charge in [-0.3, -0.25) is 17.6 Å². The fourth-order valence-corrected chi connectivity index (χ4v) is 1.81. The van der Waals surface area contributed by atoms with Gasteiger partial charge in [-0.05, 0) is 13.8 Å². The number of benzene rings is 2. The van der Waals surface area contributed by atoms with Gasteiger partial charge >= 0.3 is 31.4 Å². The Balaban J connectivity index is 0.000000562. The Morgan fingerprint density at radius 3 is 1.03 bits per heavy atom. The third-order valence-corrected chi connectivity index (χ3v) is 3.05. The van der Waals surface area contributed by atoms with Crippen LogP contribution in [0.1, 0.15) is 34.6 Å². The van der Waals surface area contributed by atoms with Crippen molar-refractivity contribution in [2.24, 2.45) is 0 Å². The maximum absolute atomic E-state index is 12.9. The quantitative estimate of drug-likeness (QED) is 0.202. The van der Waals surface area contributed by atoms with E-state index in [-0.39, 0.29) is 32.7 Å². The van der Waals surface area contributed by atoms with E-state index in [4.69, 9.17) is 0 Å². The van der Waals surface area contributed by atoms with E-state index in [0.29, 0.717) is 0 Å². The minimum absolute atomic E-state index is 0. The van der Waals surface area contributed by atoms with Gasteiger partial charge in [-0.15, -0.1) is 12.1 Å². The van der Waals surface area contributed by atoms with Crippen LogP contribution in [-0.2, 0) is 29.0 Å². The molecule has 0 saturated carbocycles. The zero-order valence-corrected chi connectivity index (χ0v) is 18.7. The molecule has 0 heterocycles. The van der Waals surface area contributed by atoms with Crippen LogP contribution >= 0.6 is 0 Å². The fraction of sp³-hybridized carbons (Fsp3) is 0.222. The predicted molar refractivity (Wildman–Crippen MR) is 82.1 cm³/mol. The molecular weight excluding hydrogens is 498 g/mol. The number of esters is 2. The first-order chi connectivity index (χ1) is 14.0. The van der Waals surface area contributed by atoms with Crippen LogP contribution in [0.15, 0.2) is 0 Å². The van der Waals surface area contributed by atoms with E-state index in [2.05, 4.69) is 9.47 Å². The van der Waals surface area contributed by atoms with Gasteiger partial charge in [0.2, 0.25) is 0 Å². The van der Waals surface area contributed by atoms with Crippen LogP contribution < -0.4 is 0 Å². The maximum atomic E-state index is 12.9. The van der Waals surface area contributed by atoms with Crippen LogP contribution in [0.2, 0.25) is 0 Å². The van der Waals surface area contributed by atoms with Crippen molar-refractivity contribution in [2.45, 2.75) is 13.8 Å². The van der Waals surface area contributed by atoms with Gasteiger partial charge in [-0.25, -0.2) is 27.2 Å². The summed E-state index contributed by atoms with van der Waals surface area (Å²) < 4.78 is 110. The number of ether oxygens (including phenoxy) is 2. The molecule has 0 aliphatic carbocycles. The minimum Gasteiger partial charge on any atom is -0.464 e. The van der Waals surface area contributed by atoms with E-state index >= 15 is 0 Å². The molecule has 0 aliphatic rings. The van der Waals surface area contributed by atoms with Gasteiger partial charge < -0.3 is 9.47 Å². The average Bonchev–Trinajstić information content (AvgIpc) is 2.66. The van der Waals surface area contributed by atoms with Crippen LogP contribution in [0.4, 0.5) is 35.1 Å². The molecule has 2 aromatic rings. The Hall–Kier alpha value is -2.56. The van der Waals surface area contributed by atoms with Crippen molar-refractivity contribution < 1.29 is 73.7 Å². The predicted octanol–water partition coefficient (Wildman–Crippen LogP) is 4.44. The molecule has 4 nitrogen and oxygen atoms in total. The summed E-state index contributed by atoms with van der Waals surface area (Å²) >= 11 is 0. The van der Waals surface area contributed by atoms with Crippen LogP contribution in [0, 0.1) is 58.7 Å². The molecule has 0 aliphatic heterocycles. The molecule has 0 amide bonds. The molecule has 0 N–H and O–H groups in total. The van der Waals surface area contributed by atoms with Crippen LogP contribution in [0.5, 0.6) is 0 Å². The van der Waals surface area contributed by atoms with E-state index in [1.165, 1.54) is 13.8 Å². The monoisotopic (exact) mass is 506 g/mol. The van der Waals surface area contributed by atoms with Crippen molar-refractivity contribution in [1.82, 2.24) is 0 Å². The largest absolute Gasteiger partial charge is 2.00 e. The summed E-state index contributed by atoms with van der Waals surface area (Å²) in [5.41, 5.74) is -2.77. The van der Waals surface area contributed by atoms with Crippen molar-refractivity contribution in [2.75, 3.05) is 13.2 Å². The third kappa shape index (κ3) is 6.71. The summed E-state index contributed by atoms with van der Waals surface area (Å²) in [7, 11) is 0. The Bertz CT molecular complexity index is 839. The van der Waals surface area contributed by atoms with Gasteiger partial charge in [0.1, 0.15) is 0 Å². The molecule has 0 aromatic heterocycles. The van der Waals surface area contributed by atoms with E-state index in [1.807, 2.05) is 0 Å². The van der Waals surface area contributed by atoms with E-state index in [9.17, 15) is 44.7 Å². The summed E-state index contributed by atoms with van der Waals surface area (Å²) in [5.74, 6) is -17.2. The maximum Gasteiger partial charge on any atom is 2.00 e. The first-order valence-electron chi connectivity index (χ1n) is 7.82. The van der Waals surface area contributed by atoms with Crippen molar-refractivity contribution in [3.63, 3.8) is 0 Å². The van der Waals surface area contributed by atoms with E-state index in [1.54, 1.807) is 0 Å². The smallest absolute Gasteiger partial charge is 0.464 e. The molecule has 0 atom stereocenters. The van der Waals surface area contributed by atoms with Crippen molar-refractivity contribution in [3.8, 4) is 0 Å². The second-order valence-electron chi connectivity index (χ2n) is 4.95. The topological polar surface area (TPSA) is 52.6 Å². The van der Waals surface area contributed by atoms with Crippen LogP contribution in [0.3, 0.4) is 0 Å². The Kier molecular flexibility index (Phi) is 11.3. The van der Waals surface area contributed by atoms with Gasteiger partial charge in [0.25, 0.3) is 0 Å². The number of carbonyl (C=O) groups is 2. The van der Waals surface area contributed by atoms with Gasteiger partial charge in [0.05, 0.1) is 36.5 Å². The van der Waals surface area contributed by atoms with Crippen molar-refractivity contribution in [1.29, 1.82) is 0 Å². The van der Waals surface area contributed by atoms with Crippen molar-refractivity contribution in [3.05, 3.63) is 69.8 Å². The SMILES string of the molecule is CCOC(=O)c1c(F)c(F)[c-]c(F)c1F.CCOC(=O)c1c(F)c(F)[c-]c(F)c1F.[Zn+2]. The fourth-order valence-electron chi connectivity index (χ4n) is 1.81. The molecule has 0 radical (unpaired) electrons. The normalized spacial score (nSPS) is 9.87. The molecule has 0 unspecified atom stereocenters. The molecular formula is C18H10F8O4Zn. The molecule has 164 valence electrons.